The minimum atomic E-state index is -1.02. The van der Waals surface area contributed by atoms with E-state index in [9.17, 15) is 19.5 Å². The summed E-state index contributed by atoms with van der Waals surface area (Å²) in [6, 6.07) is 13.0. The largest absolute Gasteiger partial charge is 0.509 e. The fourth-order valence-electron chi connectivity index (χ4n) is 7.02. The van der Waals surface area contributed by atoms with Gasteiger partial charge in [-0.05, 0) is 55.4 Å². The number of ether oxygens (including phenoxy) is 2. The Morgan fingerprint density at radius 3 is 2.36 bits per heavy atom. The lowest BCUT2D eigenvalue weighted by Gasteiger charge is -2.41. The van der Waals surface area contributed by atoms with Gasteiger partial charge in [0.25, 0.3) is 5.91 Å². The van der Waals surface area contributed by atoms with Crippen molar-refractivity contribution in [3.63, 3.8) is 0 Å². The summed E-state index contributed by atoms with van der Waals surface area (Å²) in [5, 5.41) is 12.9. The number of phenolic OH excluding ortho intramolecular Hbond substituents is 1. The summed E-state index contributed by atoms with van der Waals surface area (Å²) in [5.41, 5.74) is 2.87. The van der Waals surface area contributed by atoms with Crippen LogP contribution in [0.1, 0.15) is 36.8 Å². The standard InChI is InChI=1S/C33H42BN5O6/c34-27-21-23(5-6-29(27)40)22-30(31(41)37-12-8-25(9-13-37)36-17-19-44-20-18-36)45-33(43)38-14-10-26(11-15-38)39-16-7-24-3-1-2-4-28(24)35-32(39)42/h1-6,21,25-26,30,40H,7-20,22H2,(H,35,42)/t30-/m1/s1. The highest BCUT2D eigenvalue weighted by Gasteiger charge is 2.36. The molecule has 11 nitrogen and oxygen atoms in total. The number of hydrogen-bond acceptors (Lipinski definition) is 7. The maximum Gasteiger partial charge on any atom is 0.410 e. The van der Waals surface area contributed by atoms with Crippen LogP contribution in [0, 0.1) is 0 Å². The van der Waals surface area contributed by atoms with Gasteiger partial charge in [-0.15, -0.1) is 0 Å². The summed E-state index contributed by atoms with van der Waals surface area (Å²) in [7, 11) is 5.93. The number of aromatic hydroxyl groups is 1. The van der Waals surface area contributed by atoms with Crippen molar-refractivity contribution in [2.24, 2.45) is 0 Å². The Hall–Kier alpha value is -3.77. The summed E-state index contributed by atoms with van der Waals surface area (Å²) in [5.74, 6) is -0.250. The first kappa shape index (κ1) is 31.2. The second-order valence-electron chi connectivity index (χ2n) is 12.4. The third-order valence-electron chi connectivity index (χ3n) is 9.68. The zero-order chi connectivity index (χ0) is 31.3. The van der Waals surface area contributed by atoms with Gasteiger partial charge >= 0.3 is 12.1 Å². The number of anilines is 1. The molecule has 0 bridgehead atoms. The molecule has 0 aromatic heterocycles. The van der Waals surface area contributed by atoms with Gasteiger partial charge in [0.05, 0.1) is 13.2 Å². The maximum absolute atomic E-state index is 13.8. The number of piperidine rings is 2. The molecule has 4 heterocycles. The third kappa shape index (κ3) is 7.39. The number of carbonyl (C=O) groups is 3. The lowest BCUT2D eigenvalue weighted by molar-refractivity contribution is -0.142. The molecule has 3 fully saturated rings. The van der Waals surface area contributed by atoms with Crippen LogP contribution >= 0.6 is 0 Å². The van der Waals surface area contributed by atoms with Crippen molar-refractivity contribution in [3.05, 3.63) is 53.6 Å². The van der Waals surface area contributed by atoms with Gasteiger partial charge in [0.1, 0.15) is 13.6 Å². The van der Waals surface area contributed by atoms with E-state index in [0.29, 0.717) is 57.2 Å². The van der Waals surface area contributed by atoms with Crippen molar-refractivity contribution in [1.29, 1.82) is 0 Å². The van der Waals surface area contributed by atoms with E-state index >= 15 is 0 Å². The molecule has 0 unspecified atom stereocenters. The summed E-state index contributed by atoms with van der Waals surface area (Å²) >= 11 is 0. The van der Waals surface area contributed by atoms with Crippen LogP contribution in [0.5, 0.6) is 5.75 Å². The topological polar surface area (TPSA) is 115 Å². The molecule has 0 spiro atoms. The molecule has 45 heavy (non-hydrogen) atoms. The van der Waals surface area contributed by atoms with Crippen molar-refractivity contribution >= 4 is 37.0 Å². The summed E-state index contributed by atoms with van der Waals surface area (Å²) in [6.45, 7) is 5.97. The average Bonchev–Trinajstić information content (AvgIpc) is 3.24. The number of urea groups is 1. The van der Waals surface area contributed by atoms with E-state index in [1.165, 1.54) is 6.07 Å². The number of phenols is 1. The highest BCUT2D eigenvalue weighted by Crippen LogP contribution is 2.26. The molecule has 2 aromatic rings. The van der Waals surface area contributed by atoms with Crippen LogP contribution in [0.2, 0.25) is 0 Å². The molecular formula is C33H42BN5O6. The maximum atomic E-state index is 13.8. The van der Waals surface area contributed by atoms with Crippen molar-refractivity contribution in [3.8, 4) is 5.75 Å². The van der Waals surface area contributed by atoms with E-state index in [1.54, 1.807) is 21.9 Å². The molecule has 0 aliphatic carbocycles. The van der Waals surface area contributed by atoms with Gasteiger partial charge in [0.15, 0.2) is 6.10 Å². The van der Waals surface area contributed by atoms with Crippen LogP contribution in [-0.4, -0.2) is 128 Å². The van der Waals surface area contributed by atoms with Crippen LogP contribution in [-0.2, 0) is 27.1 Å². The van der Waals surface area contributed by atoms with Gasteiger partial charge in [0, 0.05) is 70.0 Å². The highest BCUT2D eigenvalue weighted by atomic mass is 16.6. The number of amides is 4. The number of nitrogens with zero attached hydrogens (tertiary/aromatic N) is 4. The quantitative estimate of drug-likeness (QED) is 0.479. The van der Waals surface area contributed by atoms with Crippen LogP contribution in [0.15, 0.2) is 42.5 Å². The molecule has 2 N–H and O–H groups in total. The Bertz CT molecular complexity index is 1370. The van der Waals surface area contributed by atoms with Gasteiger partial charge in [0.2, 0.25) is 0 Å². The smallest absolute Gasteiger partial charge is 0.410 e. The number of rotatable bonds is 6. The van der Waals surface area contributed by atoms with Crippen LogP contribution in [0.3, 0.4) is 0 Å². The molecule has 2 radical (unpaired) electrons. The van der Waals surface area contributed by atoms with E-state index in [2.05, 4.69) is 10.2 Å². The summed E-state index contributed by atoms with van der Waals surface area (Å²) in [4.78, 5) is 48.1. The Balaban J connectivity index is 1.07. The molecule has 1 atom stereocenters. The fraction of sp³-hybridized carbons (Fsp3) is 0.545. The molecule has 4 aliphatic heterocycles. The highest BCUT2D eigenvalue weighted by molar-refractivity contribution is 6.34. The van der Waals surface area contributed by atoms with Crippen molar-refractivity contribution in [2.45, 2.75) is 56.7 Å². The summed E-state index contributed by atoms with van der Waals surface area (Å²) in [6.07, 6.45) is 2.35. The van der Waals surface area contributed by atoms with Gasteiger partial charge in [-0.25, -0.2) is 9.59 Å². The molecular weight excluding hydrogens is 573 g/mol. The third-order valence-corrected chi connectivity index (χ3v) is 9.68. The van der Waals surface area contributed by atoms with E-state index in [1.807, 2.05) is 29.2 Å². The van der Waals surface area contributed by atoms with E-state index < -0.39 is 12.2 Å². The second kappa shape index (κ2) is 14.1. The average molecular weight is 616 g/mol. The fourth-order valence-corrected chi connectivity index (χ4v) is 7.02. The van der Waals surface area contributed by atoms with Crippen molar-refractivity contribution in [1.82, 2.24) is 19.6 Å². The predicted octanol–water partition coefficient (Wildman–Crippen LogP) is 2.11. The molecule has 4 amide bonds. The van der Waals surface area contributed by atoms with Gasteiger partial charge < -0.3 is 34.6 Å². The molecule has 238 valence electrons. The number of morpholine rings is 1. The molecule has 2 aromatic carbocycles. The van der Waals surface area contributed by atoms with Crippen LogP contribution < -0.4 is 10.8 Å². The Morgan fingerprint density at radius 2 is 1.62 bits per heavy atom. The number of carbonyl (C=O) groups excluding carboxylic acids is 3. The first-order valence-electron chi connectivity index (χ1n) is 16.1. The molecule has 0 saturated carbocycles. The van der Waals surface area contributed by atoms with Crippen molar-refractivity contribution < 1.29 is 29.0 Å². The van der Waals surface area contributed by atoms with E-state index in [4.69, 9.17) is 17.3 Å². The van der Waals surface area contributed by atoms with Crippen LogP contribution in [0.25, 0.3) is 0 Å². The lowest BCUT2D eigenvalue weighted by atomic mass is 9.91. The number of nitrogens with one attached hydrogen (secondary N) is 1. The molecule has 6 rings (SSSR count). The van der Waals surface area contributed by atoms with E-state index in [-0.39, 0.29) is 35.6 Å². The van der Waals surface area contributed by atoms with E-state index in [0.717, 1.165) is 56.8 Å². The first-order valence-corrected chi connectivity index (χ1v) is 16.1. The SMILES string of the molecule is [B]c1cc(C[C@@H](OC(=O)N2CCC(N3CCc4ccccc4NC3=O)CC2)C(=O)N2CCC(N3CCOCC3)CC2)ccc1O. The summed E-state index contributed by atoms with van der Waals surface area (Å²) < 4.78 is 11.5. The number of fused-ring (bicyclic) bond motifs is 1. The van der Waals surface area contributed by atoms with Gasteiger partial charge in [-0.1, -0.05) is 35.8 Å². The number of benzene rings is 2. The zero-order valence-corrected chi connectivity index (χ0v) is 25.7. The zero-order valence-electron chi connectivity index (χ0n) is 25.7. The normalized spacial score (nSPS) is 21.1. The van der Waals surface area contributed by atoms with Gasteiger partial charge in [-0.3, -0.25) is 9.69 Å². The van der Waals surface area contributed by atoms with Gasteiger partial charge in [-0.2, -0.15) is 0 Å². The Kier molecular flexibility index (Phi) is 9.80. The monoisotopic (exact) mass is 615 g/mol. The molecule has 4 aliphatic rings. The lowest BCUT2D eigenvalue weighted by Crippen LogP contribution is -2.53. The number of para-hydroxylation sites is 1. The molecule has 3 saturated heterocycles. The predicted molar refractivity (Wildman–Crippen MR) is 170 cm³/mol. The number of likely N-dealkylation sites (tertiary alicyclic amines) is 2. The molecule has 12 heteroatoms. The van der Waals surface area contributed by atoms with Crippen LogP contribution in [0.4, 0.5) is 15.3 Å². The number of hydrogen-bond donors (Lipinski definition) is 2. The first-order chi connectivity index (χ1) is 21.9. The Morgan fingerprint density at radius 1 is 0.933 bits per heavy atom. The minimum absolute atomic E-state index is 0.00789. The Labute approximate surface area is 265 Å². The second-order valence-corrected chi connectivity index (χ2v) is 12.4. The minimum Gasteiger partial charge on any atom is -0.509 e. The van der Waals surface area contributed by atoms with Crippen molar-refractivity contribution in [2.75, 3.05) is 64.3 Å².